The number of nitrogens with zero attached hydrogens (tertiary/aromatic N) is 2. The summed E-state index contributed by atoms with van der Waals surface area (Å²) in [6.45, 7) is 6.63. The van der Waals surface area contributed by atoms with Crippen LogP contribution in [-0.2, 0) is 22.5 Å². The van der Waals surface area contributed by atoms with Gasteiger partial charge < -0.3 is 14.0 Å². The quantitative estimate of drug-likeness (QED) is 0.564. The normalized spacial score (nSPS) is 14.3. The summed E-state index contributed by atoms with van der Waals surface area (Å²) in [6, 6.07) is 12.1. The fourth-order valence-electron chi connectivity index (χ4n) is 4.14. The zero-order valence-corrected chi connectivity index (χ0v) is 17.4. The molecule has 3 aromatic rings. The first-order chi connectivity index (χ1) is 14.0. The number of fused-ring (bicyclic) bond motifs is 3. The van der Waals surface area contributed by atoms with E-state index < -0.39 is 5.60 Å². The van der Waals surface area contributed by atoms with E-state index in [1.807, 2.05) is 30.5 Å². The lowest BCUT2D eigenvalue weighted by Gasteiger charge is -2.24. The molecule has 0 spiro atoms. The summed E-state index contributed by atoms with van der Waals surface area (Å²) < 4.78 is 13.7. The summed E-state index contributed by atoms with van der Waals surface area (Å²) in [7, 11) is 0. The third-order valence-corrected chi connectivity index (χ3v) is 5.50. The van der Waals surface area contributed by atoms with E-state index in [1.54, 1.807) is 20.8 Å². The van der Waals surface area contributed by atoms with Crippen LogP contribution in [0.1, 0.15) is 45.7 Å². The minimum Gasteiger partial charge on any atom is -0.476 e. The number of carbonyl (C=O) groups excluding carboxylic acids is 1. The fraction of sp³-hybridized carbons (Fsp3) is 0.417. The van der Waals surface area contributed by atoms with Crippen LogP contribution in [-0.4, -0.2) is 27.7 Å². The zero-order chi connectivity index (χ0) is 20.4. The Kier molecular flexibility index (Phi) is 5.31. The molecule has 0 saturated heterocycles. The molecule has 4 rings (SSSR count). The number of hydrogen-bond donors (Lipinski definition) is 0. The monoisotopic (exact) mass is 392 g/mol. The van der Waals surface area contributed by atoms with Crippen molar-refractivity contribution < 1.29 is 14.3 Å². The Labute approximate surface area is 171 Å². The van der Waals surface area contributed by atoms with Crippen molar-refractivity contribution in [2.45, 2.75) is 58.6 Å². The van der Waals surface area contributed by atoms with Gasteiger partial charge in [0, 0.05) is 34.9 Å². The third-order valence-electron chi connectivity index (χ3n) is 5.50. The number of ether oxygens (including phenoxy) is 2. The largest absolute Gasteiger partial charge is 0.476 e. The first-order valence-corrected chi connectivity index (χ1v) is 10.4. The van der Waals surface area contributed by atoms with Gasteiger partial charge in [-0.15, -0.1) is 0 Å². The Morgan fingerprint density at radius 2 is 2.03 bits per heavy atom. The van der Waals surface area contributed by atoms with E-state index in [0.717, 1.165) is 24.0 Å². The molecule has 0 atom stereocenters. The highest BCUT2D eigenvalue weighted by Gasteiger charge is 2.32. The average Bonchev–Trinajstić information content (AvgIpc) is 2.84. The number of esters is 1. The van der Waals surface area contributed by atoms with Gasteiger partial charge in [0.1, 0.15) is 5.75 Å². The van der Waals surface area contributed by atoms with Crippen LogP contribution in [0.3, 0.4) is 0 Å². The molecule has 5 heteroatoms. The lowest BCUT2D eigenvalue weighted by atomic mass is 10.0. The first kappa shape index (κ1) is 19.5. The number of benzene rings is 1. The van der Waals surface area contributed by atoms with Gasteiger partial charge in [-0.25, -0.2) is 4.79 Å². The molecular weight excluding hydrogens is 364 g/mol. The van der Waals surface area contributed by atoms with Crippen molar-refractivity contribution in [1.82, 2.24) is 9.55 Å². The van der Waals surface area contributed by atoms with Gasteiger partial charge in [-0.3, -0.25) is 4.98 Å². The lowest BCUT2D eigenvalue weighted by molar-refractivity contribution is -0.158. The van der Waals surface area contributed by atoms with Crippen molar-refractivity contribution in [2.75, 3.05) is 6.61 Å². The van der Waals surface area contributed by atoms with Crippen molar-refractivity contribution in [3.05, 3.63) is 48.3 Å². The van der Waals surface area contributed by atoms with Gasteiger partial charge in [-0.1, -0.05) is 12.5 Å². The Balaban J connectivity index is 1.83. The first-order valence-electron chi connectivity index (χ1n) is 10.4. The molecule has 0 saturated carbocycles. The highest BCUT2D eigenvalue weighted by atomic mass is 16.6. The van der Waals surface area contributed by atoms with Crippen LogP contribution in [0.5, 0.6) is 5.75 Å². The SMILES string of the molecule is CCOC(=O)C(C)(C)Oc1ccc2c(c1)c(-c1ccccn1)c1n2CCCCC1. The van der Waals surface area contributed by atoms with Gasteiger partial charge in [-0.05, 0) is 70.4 Å². The molecule has 0 amide bonds. The molecule has 152 valence electrons. The molecular formula is C24H28N2O3. The summed E-state index contributed by atoms with van der Waals surface area (Å²) in [4.78, 5) is 16.9. The third kappa shape index (κ3) is 3.74. The summed E-state index contributed by atoms with van der Waals surface area (Å²) in [5.41, 5.74) is 3.66. The van der Waals surface area contributed by atoms with Crippen molar-refractivity contribution >= 4 is 16.9 Å². The Hall–Kier alpha value is -2.82. The van der Waals surface area contributed by atoms with E-state index in [1.165, 1.54) is 36.0 Å². The van der Waals surface area contributed by atoms with E-state index in [2.05, 4.69) is 21.7 Å². The van der Waals surface area contributed by atoms with Gasteiger partial charge in [0.15, 0.2) is 5.60 Å². The molecule has 0 aliphatic carbocycles. The minimum atomic E-state index is -1.05. The topological polar surface area (TPSA) is 53.4 Å². The van der Waals surface area contributed by atoms with Gasteiger partial charge in [-0.2, -0.15) is 0 Å². The summed E-state index contributed by atoms with van der Waals surface area (Å²) >= 11 is 0. The second-order valence-corrected chi connectivity index (χ2v) is 8.01. The molecule has 0 unspecified atom stereocenters. The van der Waals surface area contributed by atoms with E-state index in [-0.39, 0.29) is 5.97 Å². The smallest absolute Gasteiger partial charge is 0.349 e. The van der Waals surface area contributed by atoms with Crippen LogP contribution >= 0.6 is 0 Å². The summed E-state index contributed by atoms with van der Waals surface area (Å²) in [6.07, 6.45) is 6.51. The fourth-order valence-corrected chi connectivity index (χ4v) is 4.14. The van der Waals surface area contributed by atoms with E-state index in [0.29, 0.717) is 12.4 Å². The van der Waals surface area contributed by atoms with Gasteiger partial charge in [0.05, 0.1) is 12.3 Å². The van der Waals surface area contributed by atoms with Crippen LogP contribution in [0, 0.1) is 0 Å². The van der Waals surface area contributed by atoms with Gasteiger partial charge in [0.25, 0.3) is 0 Å². The molecule has 1 aliphatic heterocycles. The second-order valence-electron chi connectivity index (χ2n) is 8.01. The van der Waals surface area contributed by atoms with Crippen LogP contribution < -0.4 is 4.74 Å². The number of aryl methyl sites for hydroxylation is 1. The molecule has 0 N–H and O–H groups in total. The Morgan fingerprint density at radius 1 is 1.17 bits per heavy atom. The molecule has 2 aromatic heterocycles. The Morgan fingerprint density at radius 3 is 2.79 bits per heavy atom. The molecule has 5 nitrogen and oxygen atoms in total. The second kappa shape index (κ2) is 7.90. The molecule has 1 aliphatic rings. The average molecular weight is 392 g/mol. The van der Waals surface area contributed by atoms with Crippen LogP contribution in [0.4, 0.5) is 0 Å². The molecule has 29 heavy (non-hydrogen) atoms. The lowest BCUT2D eigenvalue weighted by Crippen LogP contribution is -2.39. The van der Waals surface area contributed by atoms with Gasteiger partial charge in [0.2, 0.25) is 0 Å². The molecule has 0 bridgehead atoms. The number of rotatable bonds is 5. The van der Waals surface area contributed by atoms with Gasteiger partial charge >= 0.3 is 5.97 Å². The summed E-state index contributed by atoms with van der Waals surface area (Å²) in [5.74, 6) is 0.297. The van der Waals surface area contributed by atoms with Crippen LogP contribution in [0.2, 0.25) is 0 Å². The predicted molar refractivity (Wildman–Crippen MR) is 114 cm³/mol. The molecule has 0 fully saturated rings. The van der Waals surface area contributed by atoms with Crippen molar-refractivity contribution in [3.63, 3.8) is 0 Å². The Bertz CT molecular complexity index is 1020. The predicted octanol–water partition coefficient (Wildman–Crippen LogP) is 5.15. The highest BCUT2D eigenvalue weighted by Crippen LogP contribution is 2.38. The van der Waals surface area contributed by atoms with Crippen molar-refractivity contribution in [2.24, 2.45) is 0 Å². The van der Waals surface area contributed by atoms with E-state index >= 15 is 0 Å². The summed E-state index contributed by atoms with van der Waals surface area (Å²) in [5, 5.41) is 1.12. The standard InChI is InChI=1S/C24H28N2O3/c1-4-28-23(27)24(2,3)29-17-12-13-20-18(16-17)22(19-10-7-8-14-25-19)21-11-6-5-9-15-26(20)21/h7-8,10,12-14,16H,4-6,9,11,15H2,1-3H3. The molecule has 0 radical (unpaired) electrons. The minimum absolute atomic E-state index is 0.334. The molecule has 1 aromatic carbocycles. The number of carbonyl (C=O) groups is 1. The number of aromatic nitrogens is 2. The maximum Gasteiger partial charge on any atom is 0.349 e. The van der Waals surface area contributed by atoms with E-state index in [9.17, 15) is 4.79 Å². The van der Waals surface area contributed by atoms with Crippen molar-refractivity contribution in [1.29, 1.82) is 0 Å². The molecule has 3 heterocycles. The zero-order valence-electron chi connectivity index (χ0n) is 17.4. The van der Waals surface area contributed by atoms with Crippen LogP contribution in [0.25, 0.3) is 22.2 Å². The van der Waals surface area contributed by atoms with E-state index in [4.69, 9.17) is 9.47 Å². The van der Waals surface area contributed by atoms with Crippen LogP contribution in [0.15, 0.2) is 42.6 Å². The highest BCUT2D eigenvalue weighted by molar-refractivity contribution is 5.98. The number of hydrogen-bond acceptors (Lipinski definition) is 4. The maximum atomic E-state index is 12.3. The van der Waals surface area contributed by atoms with Crippen molar-refractivity contribution in [3.8, 4) is 17.0 Å². The maximum absolute atomic E-state index is 12.3. The number of pyridine rings is 1.